The van der Waals surface area contributed by atoms with Gasteiger partial charge < -0.3 is 4.74 Å². The van der Waals surface area contributed by atoms with Crippen LogP contribution in [0.3, 0.4) is 0 Å². The average Bonchev–Trinajstić information content (AvgIpc) is 2.49. The summed E-state index contributed by atoms with van der Waals surface area (Å²) in [5.74, 6) is -0.593. The van der Waals surface area contributed by atoms with Gasteiger partial charge in [0.2, 0.25) is 0 Å². The minimum atomic E-state index is -0.325. The Morgan fingerprint density at radius 1 is 0.810 bits per heavy atom. The van der Waals surface area contributed by atoms with E-state index in [2.05, 4.69) is 13.8 Å². The number of unbranched alkanes of at least 4 members (excludes halogenated alkanes) is 6. The zero-order valence-electron chi connectivity index (χ0n) is 14.5. The Bertz CT molecular complexity index is 286. The lowest BCUT2D eigenvalue weighted by Crippen LogP contribution is -2.27. The van der Waals surface area contributed by atoms with E-state index in [1.807, 2.05) is 6.92 Å². The van der Waals surface area contributed by atoms with Crippen LogP contribution in [0.2, 0.25) is 0 Å². The molecule has 0 aromatic rings. The molecule has 0 spiro atoms. The number of carbonyl (C=O) groups is 2. The number of rotatable bonds is 13. The van der Waals surface area contributed by atoms with Gasteiger partial charge in [-0.15, -0.1) is 0 Å². The molecule has 2 atom stereocenters. The van der Waals surface area contributed by atoms with Crippen LogP contribution < -0.4 is 0 Å². The number of Topliss-reactive ketones (excluding diaryl/α,β-unsaturated/α-hetero) is 1. The van der Waals surface area contributed by atoms with Gasteiger partial charge in [0.1, 0.15) is 5.78 Å². The van der Waals surface area contributed by atoms with Crippen molar-refractivity contribution in [3.8, 4) is 0 Å². The highest BCUT2D eigenvalue weighted by Crippen LogP contribution is 2.17. The Hall–Kier alpha value is -0.860. The van der Waals surface area contributed by atoms with E-state index in [9.17, 15) is 9.59 Å². The Morgan fingerprint density at radius 2 is 1.38 bits per heavy atom. The van der Waals surface area contributed by atoms with Crippen LogP contribution >= 0.6 is 0 Å². The monoisotopic (exact) mass is 298 g/mol. The number of ketones is 1. The highest BCUT2D eigenvalue weighted by Gasteiger charge is 2.26. The number of esters is 1. The molecule has 3 heteroatoms. The van der Waals surface area contributed by atoms with Crippen molar-refractivity contribution in [1.82, 2.24) is 0 Å². The van der Waals surface area contributed by atoms with Gasteiger partial charge in [-0.2, -0.15) is 0 Å². The molecule has 0 aromatic heterocycles. The minimum absolute atomic E-state index is 0.181. The van der Waals surface area contributed by atoms with Crippen molar-refractivity contribution in [3.05, 3.63) is 0 Å². The Balaban J connectivity index is 3.80. The highest BCUT2D eigenvalue weighted by atomic mass is 16.5. The van der Waals surface area contributed by atoms with Crippen LogP contribution in [-0.2, 0) is 14.3 Å². The van der Waals surface area contributed by atoms with Crippen LogP contribution in [0.4, 0.5) is 0 Å². The second-order valence-corrected chi connectivity index (χ2v) is 6.08. The van der Waals surface area contributed by atoms with Crippen molar-refractivity contribution < 1.29 is 14.3 Å². The van der Waals surface area contributed by atoms with E-state index in [0.29, 0.717) is 13.0 Å². The van der Waals surface area contributed by atoms with Gasteiger partial charge in [0, 0.05) is 12.3 Å². The third-order valence-electron chi connectivity index (χ3n) is 4.15. The van der Waals surface area contributed by atoms with E-state index in [-0.39, 0.29) is 23.6 Å². The topological polar surface area (TPSA) is 43.4 Å². The molecule has 124 valence electrons. The van der Waals surface area contributed by atoms with Crippen molar-refractivity contribution in [2.75, 3.05) is 6.61 Å². The second-order valence-electron chi connectivity index (χ2n) is 6.08. The normalized spacial score (nSPS) is 13.7. The van der Waals surface area contributed by atoms with Crippen molar-refractivity contribution in [1.29, 1.82) is 0 Å². The zero-order chi connectivity index (χ0) is 16.1. The minimum Gasteiger partial charge on any atom is -0.465 e. The molecule has 0 rings (SSSR count). The number of hydrogen-bond donors (Lipinski definition) is 0. The predicted molar refractivity (Wildman–Crippen MR) is 87.2 cm³/mol. The van der Waals surface area contributed by atoms with Crippen molar-refractivity contribution in [3.63, 3.8) is 0 Å². The molecule has 2 unspecified atom stereocenters. The second kappa shape index (κ2) is 12.8. The van der Waals surface area contributed by atoms with Crippen molar-refractivity contribution in [2.45, 2.75) is 85.5 Å². The van der Waals surface area contributed by atoms with Gasteiger partial charge >= 0.3 is 5.97 Å². The molecule has 0 N–H and O–H groups in total. The van der Waals surface area contributed by atoms with E-state index in [1.165, 1.54) is 25.7 Å². The van der Waals surface area contributed by atoms with Crippen molar-refractivity contribution >= 4 is 11.8 Å². The molecule has 3 nitrogen and oxygen atoms in total. The summed E-state index contributed by atoms with van der Waals surface area (Å²) in [7, 11) is 0. The molecule has 0 saturated carbocycles. The molecule has 0 aliphatic carbocycles. The molecule has 0 saturated heterocycles. The van der Waals surface area contributed by atoms with Crippen LogP contribution in [-0.4, -0.2) is 18.4 Å². The molecule has 0 radical (unpaired) electrons. The first-order valence-corrected chi connectivity index (χ1v) is 8.73. The Labute approximate surface area is 130 Å². The smallest absolute Gasteiger partial charge is 0.309 e. The first kappa shape index (κ1) is 20.1. The van der Waals surface area contributed by atoms with Crippen LogP contribution in [0.1, 0.15) is 85.5 Å². The summed E-state index contributed by atoms with van der Waals surface area (Å²) in [6, 6.07) is 0. The van der Waals surface area contributed by atoms with E-state index in [0.717, 1.165) is 25.7 Å². The molecular formula is C18H34O3. The summed E-state index contributed by atoms with van der Waals surface area (Å²) in [6.45, 7) is 8.40. The van der Waals surface area contributed by atoms with Gasteiger partial charge in [0.25, 0.3) is 0 Å². The fourth-order valence-electron chi connectivity index (χ4n) is 2.25. The van der Waals surface area contributed by atoms with Crippen LogP contribution in [0, 0.1) is 11.8 Å². The lowest BCUT2D eigenvalue weighted by molar-refractivity contribution is -0.151. The maximum Gasteiger partial charge on any atom is 0.309 e. The van der Waals surface area contributed by atoms with Crippen molar-refractivity contribution in [2.24, 2.45) is 11.8 Å². The molecule has 0 aromatic carbocycles. The predicted octanol–water partition coefficient (Wildman–Crippen LogP) is 4.92. The third-order valence-corrected chi connectivity index (χ3v) is 4.15. The lowest BCUT2D eigenvalue weighted by Gasteiger charge is -2.17. The summed E-state index contributed by atoms with van der Waals surface area (Å²) < 4.78 is 5.29. The van der Waals surface area contributed by atoms with Gasteiger partial charge in [-0.1, -0.05) is 66.2 Å². The molecule has 0 bridgehead atoms. The van der Waals surface area contributed by atoms with Gasteiger partial charge in [0.15, 0.2) is 0 Å². The molecular weight excluding hydrogens is 264 g/mol. The van der Waals surface area contributed by atoms with Gasteiger partial charge in [-0.05, 0) is 12.8 Å². The molecule has 21 heavy (non-hydrogen) atoms. The number of hydrogen-bond acceptors (Lipinski definition) is 3. The molecule has 0 heterocycles. The molecule has 0 aliphatic heterocycles. The summed E-state index contributed by atoms with van der Waals surface area (Å²) in [6.07, 6.45) is 9.55. The fourth-order valence-corrected chi connectivity index (χ4v) is 2.25. The van der Waals surface area contributed by atoms with Crippen LogP contribution in [0.5, 0.6) is 0 Å². The Kier molecular flexibility index (Phi) is 12.3. The molecule has 0 fully saturated rings. The number of carbonyl (C=O) groups excluding carboxylic acids is 2. The van der Waals surface area contributed by atoms with E-state index < -0.39 is 0 Å². The number of ether oxygens (including phenoxy) is 1. The SMILES string of the molecule is CCCCCCCCOC(=O)C(C)C(C)C(=O)CCCC. The Morgan fingerprint density at radius 3 is 2.00 bits per heavy atom. The summed E-state index contributed by atoms with van der Waals surface area (Å²) in [5.41, 5.74) is 0. The maximum absolute atomic E-state index is 11.9. The summed E-state index contributed by atoms with van der Waals surface area (Å²) in [4.78, 5) is 23.8. The summed E-state index contributed by atoms with van der Waals surface area (Å²) >= 11 is 0. The fraction of sp³-hybridized carbons (Fsp3) is 0.889. The van der Waals surface area contributed by atoms with Gasteiger partial charge in [0.05, 0.1) is 12.5 Å². The quantitative estimate of drug-likeness (QED) is 0.358. The van der Waals surface area contributed by atoms with Crippen LogP contribution in [0.15, 0.2) is 0 Å². The first-order chi connectivity index (χ1) is 10.0. The average molecular weight is 298 g/mol. The van der Waals surface area contributed by atoms with E-state index >= 15 is 0 Å². The standard InChI is InChI=1S/C18H34O3/c1-5-7-9-10-11-12-14-21-18(20)16(4)15(3)17(19)13-8-6-2/h15-16H,5-14H2,1-4H3. The van der Waals surface area contributed by atoms with E-state index in [4.69, 9.17) is 4.74 Å². The first-order valence-electron chi connectivity index (χ1n) is 8.73. The molecule has 0 aliphatic rings. The van der Waals surface area contributed by atoms with Crippen LogP contribution in [0.25, 0.3) is 0 Å². The third kappa shape index (κ3) is 9.65. The lowest BCUT2D eigenvalue weighted by atomic mass is 9.89. The van der Waals surface area contributed by atoms with Gasteiger partial charge in [-0.3, -0.25) is 9.59 Å². The molecule has 0 amide bonds. The zero-order valence-corrected chi connectivity index (χ0v) is 14.5. The highest BCUT2D eigenvalue weighted by molar-refractivity contribution is 5.86. The summed E-state index contributed by atoms with van der Waals surface area (Å²) in [5, 5.41) is 0. The maximum atomic E-state index is 11.9. The van der Waals surface area contributed by atoms with E-state index in [1.54, 1.807) is 6.92 Å². The van der Waals surface area contributed by atoms with Gasteiger partial charge in [-0.25, -0.2) is 0 Å². The largest absolute Gasteiger partial charge is 0.465 e.